The van der Waals surface area contributed by atoms with Crippen LogP contribution in [0, 0.1) is 11.3 Å². The number of benzene rings is 2. The molecule has 0 saturated carbocycles. The molecule has 0 spiro atoms. The molecule has 0 aliphatic carbocycles. The van der Waals surface area contributed by atoms with Gasteiger partial charge in [-0.2, -0.15) is 5.26 Å². The van der Waals surface area contributed by atoms with Gasteiger partial charge in [0, 0.05) is 4.90 Å². The van der Waals surface area contributed by atoms with Gasteiger partial charge in [-0.3, -0.25) is 9.59 Å². The lowest BCUT2D eigenvalue weighted by Crippen LogP contribution is -2.30. The van der Waals surface area contributed by atoms with Crippen LogP contribution in [0.25, 0.3) is 0 Å². The number of nitriles is 1. The molecular formula is C20H18N2O5S. The highest BCUT2D eigenvalue weighted by atomic mass is 32.2. The Kier molecular flexibility index (Phi) is 6.40. The van der Waals surface area contributed by atoms with E-state index in [9.17, 15) is 9.59 Å². The maximum absolute atomic E-state index is 12.2. The molecule has 8 heteroatoms. The summed E-state index contributed by atoms with van der Waals surface area (Å²) in [5, 5.41) is 11.7. The van der Waals surface area contributed by atoms with Gasteiger partial charge in [-0.25, -0.2) is 0 Å². The van der Waals surface area contributed by atoms with Crippen LogP contribution < -0.4 is 14.8 Å². The Morgan fingerprint density at radius 2 is 1.96 bits per heavy atom. The van der Waals surface area contributed by atoms with Crippen LogP contribution >= 0.6 is 11.8 Å². The first kappa shape index (κ1) is 19.6. The van der Waals surface area contributed by atoms with Crippen LogP contribution in [0.4, 0.5) is 5.69 Å². The Hall–Kier alpha value is -3.18. The number of nitrogens with zero attached hydrogens (tertiary/aromatic N) is 1. The second kappa shape index (κ2) is 9.15. The maximum Gasteiger partial charge on any atom is 0.317 e. The number of fused-ring (bicyclic) bond motifs is 1. The number of para-hydroxylation sites is 1. The lowest BCUT2D eigenvalue weighted by molar-refractivity contribution is -0.150. The molecule has 0 fully saturated rings. The fourth-order valence-electron chi connectivity index (χ4n) is 2.46. The number of carbonyl (C=O) groups is 2. The van der Waals surface area contributed by atoms with Crippen molar-refractivity contribution in [1.29, 1.82) is 5.26 Å². The summed E-state index contributed by atoms with van der Waals surface area (Å²) in [7, 11) is 0. The van der Waals surface area contributed by atoms with E-state index in [2.05, 4.69) is 5.32 Å². The molecule has 144 valence electrons. The minimum atomic E-state index is -0.986. The molecule has 2 aromatic carbocycles. The van der Waals surface area contributed by atoms with E-state index < -0.39 is 18.0 Å². The number of rotatable bonds is 6. The normalized spacial score (nSPS) is 13.1. The number of hydrogen-bond donors (Lipinski definition) is 1. The Morgan fingerprint density at radius 1 is 1.21 bits per heavy atom. The summed E-state index contributed by atoms with van der Waals surface area (Å²) in [6.45, 7) is 2.49. The van der Waals surface area contributed by atoms with Gasteiger partial charge < -0.3 is 19.5 Å². The summed E-state index contributed by atoms with van der Waals surface area (Å²) in [4.78, 5) is 25.1. The molecule has 0 saturated heterocycles. The second-order valence-corrected chi connectivity index (χ2v) is 6.92. The Morgan fingerprint density at radius 3 is 2.75 bits per heavy atom. The zero-order valence-corrected chi connectivity index (χ0v) is 16.0. The van der Waals surface area contributed by atoms with Crippen LogP contribution in [0.15, 0.2) is 47.4 Å². The third-order valence-corrected chi connectivity index (χ3v) is 4.82. The Bertz CT molecular complexity index is 925. The van der Waals surface area contributed by atoms with E-state index >= 15 is 0 Å². The van der Waals surface area contributed by atoms with Gasteiger partial charge in [0.2, 0.25) is 0 Å². The predicted molar refractivity (Wildman–Crippen MR) is 103 cm³/mol. The minimum Gasteiger partial charge on any atom is -0.486 e. The molecule has 1 N–H and O–H groups in total. The number of amides is 1. The number of thioether (sulfide) groups is 1. The highest BCUT2D eigenvalue weighted by Gasteiger charge is 2.19. The molecule has 0 bridgehead atoms. The first-order valence-electron chi connectivity index (χ1n) is 8.59. The highest BCUT2D eigenvalue weighted by Crippen LogP contribution is 2.34. The van der Waals surface area contributed by atoms with Crippen LogP contribution in [0.5, 0.6) is 11.5 Å². The average molecular weight is 398 g/mol. The molecule has 1 atom stereocenters. The van der Waals surface area contributed by atoms with E-state index in [1.165, 1.54) is 18.7 Å². The summed E-state index contributed by atoms with van der Waals surface area (Å²) in [5.41, 5.74) is 0.715. The van der Waals surface area contributed by atoms with E-state index in [0.29, 0.717) is 36.0 Å². The van der Waals surface area contributed by atoms with Crippen molar-refractivity contribution in [1.82, 2.24) is 0 Å². The highest BCUT2D eigenvalue weighted by molar-refractivity contribution is 8.00. The molecule has 0 unspecified atom stereocenters. The lowest BCUT2D eigenvalue weighted by Gasteiger charge is -2.18. The quantitative estimate of drug-likeness (QED) is 0.590. The Labute approximate surface area is 166 Å². The van der Waals surface area contributed by atoms with E-state index in [1.54, 1.807) is 36.4 Å². The van der Waals surface area contributed by atoms with Gasteiger partial charge in [-0.1, -0.05) is 12.1 Å². The number of carbonyl (C=O) groups excluding carboxylic acids is 2. The number of nitrogens with one attached hydrogen (secondary N) is 1. The number of hydrogen-bond acceptors (Lipinski definition) is 7. The average Bonchev–Trinajstić information content (AvgIpc) is 2.72. The van der Waals surface area contributed by atoms with Crippen molar-refractivity contribution >= 4 is 29.3 Å². The van der Waals surface area contributed by atoms with Crippen molar-refractivity contribution in [2.75, 3.05) is 24.3 Å². The number of esters is 1. The summed E-state index contributed by atoms with van der Waals surface area (Å²) in [6, 6.07) is 14.0. The van der Waals surface area contributed by atoms with E-state index in [0.717, 1.165) is 4.90 Å². The molecule has 28 heavy (non-hydrogen) atoms. The van der Waals surface area contributed by atoms with Crippen LogP contribution in [0.3, 0.4) is 0 Å². The maximum atomic E-state index is 12.2. The third-order valence-electron chi connectivity index (χ3n) is 3.85. The lowest BCUT2D eigenvalue weighted by atomic mass is 10.2. The predicted octanol–water partition coefficient (Wildman–Crippen LogP) is 2.99. The largest absolute Gasteiger partial charge is 0.486 e. The topological polar surface area (TPSA) is 97.7 Å². The van der Waals surface area contributed by atoms with Gasteiger partial charge in [-0.15, -0.1) is 11.8 Å². The van der Waals surface area contributed by atoms with Crippen LogP contribution in [0.1, 0.15) is 12.5 Å². The van der Waals surface area contributed by atoms with Gasteiger partial charge in [0.15, 0.2) is 17.6 Å². The molecule has 1 amide bonds. The molecule has 3 rings (SSSR count). The summed E-state index contributed by atoms with van der Waals surface area (Å²) < 4.78 is 16.2. The smallest absolute Gasteiger partial charge is 0.317 e. The first-order valence-corrected chi connectivity index (χ1v) is 9.57. The summed E-state index contributed by atoms with van der Waals surface area (Å²) >= 11 is 1.28. The van der Waals surface area contributed by atoms with Crippen molar-refractivity contribution in [3.8, 4) is 17.6 Å². The van der Waals surface area contributed by atoms with Crippen LogP contribution in [-0.2, 0) is 14.3 Å². The first-order chi connectivity index (χ1) is 13.6. The van der Waals surface area contributed by atoms with E-state index in [1.807, 2.05) is 12.1 Å². The van der Waals surface area contributed by atoms with Crippen molar-refractivity contribution in [2.24, 2.45) is 0 Å². The van der Waals surface area contributed by atoms with Crippen LogP contribution in [0.2, 0.25) is 0 Å². The SMILES string of the molecule is C[C@@H](OC(=O)CSc1ccc2c(c1)OCCO2)C(=O)Nc1ccccc1C#N. The third kappa shape index (κ3) is 4.96. The molecular weight excluding hydrogens is 380 g/mol. The molecule has 1 aliphatic rings. The van der Waals surface area contributed by atoms with Gasteiger partial charge >= 0.3 is 5.97 Å². The van der Waals surface area contributed by atoms with Gasteiger partial charge in [0.25, 0.3) is 5.91 Å². The second-order valence-electron chi connectivity index (χ2n) is 5.87. The Balaban J connectivity index is 1.50. The molecule has 7 nitrogen and oxygen atoms in total. The van der Waals surface area contributed by atoms with Crippen molar-refractivity contribution < 1.29 is 23.8 Å². The molecule has 0 aromatic heterocycles. The minimum absolute atomic E-state index is 0.0477. The van der Waals surface area contributed by atoms with E-state index in [4.69, 9.17) is 19.5 Å². The zero-order valence-electron chi connectivity index (χ0n) is 15.1. The fraction of sp³-hybridized carbons (Fsp3) is 0.250. The number of anilines is 1. The van der Waals surface area contributed by atoms with Crippen molar-refractivity contribution in [3.63, 3.8) is 0 Å². The molecule has 1 heterocycles. The van der Waals surface area contributed by atoms with E-state index in [-0.39, 0.29) is 5.75 Å². The monoisotopic (exact) mass is 398 g/mol. The summed E-state index contributed by atoms with van der Waals surface area (Å²) in [6.07, 6.45) is -0.986. The fourth-order valence-corrected chi connectivity index (χ4v) is 3.17. The van der Waals surface area contributed by atoms with Crippen molar-refractivity contribution in [3.05, 3.63) is 48.0 Å². The molecule has 2 aromatic rings. The molecule has 0 radical (unpaired) electrons. The zero-order chi connectivity index (χ0) is 19.9. The van der Waals surface area contributed by atoms with Crippen LogP contribution in [-0.4, -0.2) is 36.9 Å². The van der Waals surface area contributed by atoms with Gasteiger partial charge in [-0.05, 0) is 37.3 Å². The van der Waals surface area contributed by atoms with Gasteiger partial charge in [0.05, 0.1) is 17.0 Å². The van der Waals surface area contributed by atoms with Gasteiger partial charge in [0.1, 0.15) is 19.3 Å². The van der Waals surface area contributed by atoms with Crippen molar-refractivity contribution in [2.45, 2.75) is 17.9 Å². The standard InChI is InChI=1S/C20H18N2O5S/c1-13(20(24)22-16-5-3-2-4-14(16)11-21)27-19(23)12-28-15-6-7-17-18(10-15)26-9-8-25-17/h2-7,10,13H,8-9,12H2,1H3,(H,22,24)/t13-/m1/s1. The summed E-state index contributed by atoms with van der Waals surface area (Å²) in [5.74, 6) is 0.359. The number of ether oxygens (including phenoxy) is 3. The molecule has 1 aliphatic heterocycles.